The highest BCUT2D eigenvalue weighted by molar-refractivity contribution is 5.44. The quantitative estimate of drug-likeness (QED) is 0.583. The van der Waals surface area contributed by atoms with E-state index in [-0.39, 0.29) is 0 Å². The van der Waals surface area contributed by atoms with E-state index in [0.717, 1.165) is 64.2 Å². The molecule has 5 heterocycles. The summed E-state index contributed by atoms with van der Waals surface area (Å²) in [4.78, 5) is 15.0. The summed E-state index contributed by atoms with van der Waals surface area (Å²) in [6, 6.07) is 11.2. The van der Waals surface area contributed by atoms with Crippen molar-refractivity contribution in [3.8, 4) is 0 Å². The Kier molecular flexibility index (Phi) is 6.53. The maximum absolute atomic E-state index is 5.51. The maximum Gasteiger partial charge on any atom is 0.137 e. The smallest absolute Gasteiger partial charge is 0.137 e. The Hall–Kier alpha value is -2.28. The Bertz CT molecular complexity index is 1040. The van der Waals surface area contributed by atoms with E-state index >= 15 is 0 Å². The first-order valence-electron chi connectivity index (χ1n) is 12.1. The van der Waals surface area contributed by atoms with E-state index in [2.05, 4.69) is 58.6 Å². The molecule has 0 bridgehead atoms. The van der Waals surface area contributed by atoms with Gasteiger partial charge in [0.05, 0.1) is 36.7 Å². The van der Waals surface area contributed by atoms with Crippen molar-refractivity contribution in [3.05, 3.63) is 65.4 Å². The Morgan fingerprint density at radius 2 is 1.84 bits per heavy atom. The summed E-state index contributed by atoms with van der Waals surface area (Å²) in [5.41, 5.74) is 6.21. The molecular weight excluding hydrogens is 398 g/mol. The van der Waals surface area contributed by atoms with Gasteiger partial charge in [-0.2, -0.15) is 0 Å². The summed E-state index contributed by atoms with van der Waals surface area (Å²) in [5, 5.41) is 0. The lowest BCUT2D eigenvalue weighted by atomic mass is 9.90. The molecule has 0 radical (unpaired) electrons. The highest BCUT2D eigenvalue weighted by atomic mass is 16.5. The third kappa shape index (κ3) is 4.32. The number of piperidine rings is 1. The molecule has 0 saturated carbocycles. The molecule has 2 saturated heterocycles. The molecule has 3 aromatic rings. The lowest BCUT2D eigenvalue weighted by Crippen LogP contribution is -2.37. The summed E-state index contributed by atoms with van der Waals surface area (Å²) in [7, 11) is 2.27. The van der Waals surface area contributed by atoms with E-state index in [9.17, 15) is 0 Å². The van der Waals surface area contributed by atoms with Crippen LogP contribution in [0.4, 0.5) is 0 Å². The lowest BCUT2D eigenvalue weighted by molar-refractivity contribution is 0.0374. The standard InChI is InChI=1S/C26H35N5O/c1-20-8-6-13-27-25(20)21-9-5-10-22(29(21)2)26-23(31-15-4-3-12-24(31)28-26)11-7-14-30-16-18-32-19-17-30/h3-4,6,8,12-13,15,21-22H,5,7,9-11,14,16-19H2,1-2H3/t21-,22+/m1/s1. The van der Waals surface area contributed by atoms with Crippen LogP contribution in [0.5, 0.6) is 0 Å². The zero-order valence-corrected chi connectivity index (χ0v) is 19.4. The second-order valence-corrected chi connectivity index (χ2v) is 9.26. The number of ether oxygens (including phenoxy) is 1. The molecule has 2 fully saturated rings. The Morgan fingerprint density at radius 3 is 2.66 bits per heavy atom. The van der Waals surface area contributed by atoms with Gasteiger partial charge in [-0.1, -0.05) is 12.1 Å². The fraction of sp³-hybridized carbons (Fsp3) is 0.538. The third-order valence-corrected chi connectivity index (χ3v) is 7.27. The molecule has 6 heteroatoms. The predicted octanol–water partition coefficient (Wildman–Crippen LogP) is 4.20. The molecule has 0 spiro atoms. The molecule has 32 heavy (non-hydrogen) atoms. The summed E-state index contributed by atoms with van der Waals surface area (Å²) in [5.74, 6) is 0. The highest BCUT2D eigenvalue weighted by Crippen LogP contribution is 2.41. The number of likely N-dealkylation sites (tertiary alicyclic amines) is 1. The SMILES string of the molecule is Cc1cccnc1[C@H]1CCC[C@@H](c2nc3ccccn3c2CCCN2CCOCC2)N1C. The molecule has 0 aliphatic carbocycles. The van der Waals surface area contributed by atoms with E-state index in [1.165, 1.54) is 29.1 Å². The van der Waals surface area contributed by atoms with Crippen LogP contribution in [0.3, 0.4) is 0 Å². The molecule has 0 amide bonds. The van der Waals surface area contributed by atoms with Crippen molar-refractivity contribution >= 4 is 5.65 Å². The summed E-state index contributed by atoms with van der Waals surface area (Å²) >= 11 is 0. The molecule has 2 aliphatic heterocycles. The first-order valence-corrected chi connectivity index (χ1v) is 12.1. The fourth-order valence-corrected chi connectivity index (χ4v) is 5.51. The number of aromatic nitrogens is 3. The second kappa shape index (κ2) is 9.69. The number of hydrogen-bond acceptors (Lipinski definition) is 5. The molecule has 170 valence electrons. The minimum Gasteiger partial charge on any atom is -0.379 e. The summed E-state index contributed by atoms with van der Waals surface area (Å²) in [6.45, 7) is 7.14. The van der Waals surface area contributed by atoms with Crippen molar-refractivity contribution in [2.75, 3.05) is 39.9 Å². The molecule has 0 N–H and O–H groups in total. The molecule has 2 atom stereocenters. The van der Waals surface area contributed by atoms with Gasteiger partial charge in [0, 0.05) is 31.2 Å². The van der Waals surface area contributed by atoms with Crippen molar-refractivity contribution in [1.29, 1.82) is 0 Å². The average molecular weight is 434 g/mol. The third-order valence-electron chi connectivity index (χ3n) is 7.27. The van der Waals surface area contributed by atoms with E-state index in [1.807, 2.05) is 12.3 Å². The largest absolute Gasteiger partial charge is 0.379 e. The van der Waals surface area contributed by atoms with E-state index in [1.54, 1.807) is 0 Å². The van der Waals surface area contributed by atoms with Crippen LogP contribution in [0, 0.1) is 6.92 Å². The van der Waals surface area contributed by atoms with Crippen molar-refractivity contribution in [1.82, 2.24) is 24.2 Å². The molecule has 0 unspecified atom stereocenters. The molecular formula is C26H35N5O. The zero-order valence-electron chi connectivity index (χ0n) is 19.4. The minimum absolute atomic E-state index is 0.327. The number of pyridine rings is 2. The van der Waals surface area contributed by atoms with Gasteiger partial charge in [0.2, 0.25) is 0 Å². The normalized spacial score (nSPS) is 23.1. The Labute approximate surface area is 191 Å². The van der Waals surface area contributed by atoms with E-state index < -0.39 is 0 Å². The Balaban J connectivity index is 1.41. The van der Waals surface area contributed by atoms with Gasteiger partial charge in [0.1, 0.15) is 5.65 Å². The van der Waals surface area contributed by atoms with Gasteiger partial charge < -0.3 is 9.14 Å². The number of nitrogens with zero attached hydrogens (tertiary/aromatic N) is 5. The number of imidazole rings is 1. The second-order valence-electron chi connectivity index (χ2n) is 9.26. The van der Waals surface area contributed by atoms with Crippen LogP contribution in [0.1, 0.15) is 60.4 Å². The fourth-order valence-electron chi connectivity index (χ4n) is 5.51. The van der Waals surface area contributed by atoms with Crippen molar-refractivity contribution in [2.24, 2.45) is 0 Å². The average Bonchev–Trinajstić information content (AvgIpc) is 3.19. The molecule has 0 aromatic carbocycles. The molecule has 5 rings (SSSR count). The van der Waals surface area contributed by atoms with Gasteiger partial charge in [-0.3, -0.25) is 14.8 Å². The highest BCUT2D eigenvalue weighted by Gasteiger charge is 2.34. The van der Waals surface area contributed by atoms with Crippen LogP contribution in [0.15, 0.2) is 42.7 Å². The summed E-state index contributed by atoms with van der Waals surface area (Å²) < 4.78 is 7.83. The van der Waals surface area contributed by atoms with Crippen LogP contribution >= 0.6 is 0 Å². The van der Waals surface area contributed by atoms with E-state index in [4.69, 9.17) is 14.7 Å². The molecule has 2 aliphatic rings. The first kappa shape index (κ1) is 21.6. The number of hydrogen-bond donors (Lipinski definition) is 0. The molecule has 6 nitrogen and oxygen atoms in total. The van der Waals surface area contributed by atoms with Crippen LogP contribution in [0.2, 0.25) is 0 Å². The van der Waals surface area contributed by atoms with Gasteiger partial charge in [-0.25, -0.2) is 4.98 Å². The van der Waals surface area contributed by atoms with Crippen molar-refractivity contribution in [2.45, 2.75) is 51.1 Å². The number of aryl methyl sites for hydroxylation is 2. The number of morpholine rings is 1. The Morgan fingerprint density at radius 1 is 1.03 bits per heavy atom. The number of fused-ring (bicyclic) bond motifs is 1. The van der Waals surface area contributed by atoms with Gasteiger partial charge in [-0.15, -0.1) is 0 Å². The van der Waals surface area contributed by atoms with Crippen molar-refractivity contribution in [3.63, 3.8) is 0 Å². The van der Waals surface area contributed by atoms with Crippen LogP contribution in [0.25, 0.3) is 5.65 Å². The lowest BCUT2D eigenvalue weighted by Gasteiger charge is -2.39. The van der Waals surface area contributed by atoms with Gasteiger partial charge in [-0.05, 0) is 76.4 Å². The minimum atomic E-state index is 0.327. The van der Waals surface area contributed by atoms with Crippen LogP contribution in [-0.4, -0.2) is 64.1 Å². The van der Waals surface area contributed by atoms with Gasteiger partial charge in [0.25, 0.3) is 0 Å². The first-order chi connectivity index (χ1) is 15.7. The molecule has 3 aromatic heterocycles. The zero-order chi connectivity index (χ0) is 21.9. The summed E-state index contributed by atoms with van der Waals surface area (Å²) in [6.07, 6.45) is 9.83. The van der Waals surface area contributed by atoms with Crippen molar-refractivity contribution < 1.29 is 4.74 Å². The van der Waals surface area contributed by atoms with Gasteiger partial charge in [0.15, 0.2) is 0 Å². The van der Waals surface area contributed by atoms with Crippen LogP contribution in [-0.2, 0) is 11.2 Å². The van der Waals surface area contributed by atoms with E-state index in [0.29, 0.717) is 12.1 Å². The monoisotopic (exact) mass is 433 g/mol. The predicted molar refractivity (Wildman–Crippen MR) is 127 cm³/mol. The van der Waals surface area contributed by atoms with Crippen LogP contribution < -0.4 is 0 Å². The van der Waals surface area contributed by atoms with Gasteiger partial charge >= 0.3 is 0 Å². The topological polar surface area (TPSA) is 45.9 Å². The maximum atomic E-state index is 5.51. The number of rotatable bonds is 6.